The number of benzene rings is 1. The zero-order chi connectivity index (χ0) is 18.7. The van der Waals surface area contributed by atoms with Crippen LogP contribution in [0.15, 0.2) is 35.4 Å². The molecule has 1 amide bonds. The SMILES string of the molecule is CCOC(=O)N1CCC(NS(=O)(=O)c2ccc(C)c3ncccc23)CC1. The molecule has 0 atom stereocenters. The molecule has 8 heteroatoms. The van der Waals surface area contributed by atoms with E-state index in [0.717, 1.165) is 5.56 Å². The summed E-state index contributed by atoms with van der Waals surface area (Å²) >= 11 is 0. The molecule has 3 rings (SSSR count). The number of sulfonamides is 1. The summed E-state index contributed by atoms with van der Waals surface area (Å²) in [6.45, 7) is 4.95. The lowest BCUT2D eigenvalue weighted by Crippen LogP contribution is -2.46. The topological polar surface area (TPSA) is 88.6 Å². The van der Waals surface area contributed by atoms with E-state index < -0.39 is 10.0 Å². The minimum Gasteiger partial charge on any atom is -0.450 e. The monoisotopic (exact) mass is 377 g/mol. The van der Waals surface area contributed by atoms with Crippen molar-refractivity contribution in [3.8, 4) is 0 Å². The van der Waals surface area contributed by atoms with E-state index in [1.54, 1.807) is 42.3 Å². The molecule has 1 aliphatic rings. The number of aryl methyl sites for hydroxylation is 1. The van der Waals surface area contributed by atoms with Crippen molar-refractivity contribution in [1.82, 2.24) is 14.6 Å². The highest BCUT2D eigenvalue weighted by atomic mass is 32.2. The number of fused-ring (bicyclic) bond motifs is 1. The van der Waals surface area contributed by atoms with Crippen molar-refractivity contribution >= 4 is 27.0 Å². The molecule has 1 fully saturated rings. The number of likely N-dealkylation sites (tertiary alicyclic amines) is 1. The van der Waals surface area contributed by atoms with Crippen LogP contribution >= 0.6 is 0 Å². The Morgan fingerprint density at radius 2 is 2.04 bits per heavy atom. The Morgan fingerprint density at radius 1 is 1.31 bits per heavy atom. The molecule has 0 bridgehead atoms. The fourth-order valence-electron chi connectivity index (χ4n) is 3.20. The number of ether oxygens (including phenoxy) is 1. The van der Waals surface area contributed by atoms with Crippen LogP contribution in [0.25, 0.3) is 10.9 Å². The molecule has 1 aromatic heterocycles. The molecule has 0 aliphatic carbocycles. The van der Waals surface area contributed by atoms with Gasteiger partial charge in [-0.15, -0.1) is 0 Å². The molecule has 26 heavy (non-hydrogen) atoms. The van der Waals surface area contributed by atoms with Gasteiger partial charge in [0.15, 0.2) is 0 Å². The molecule has 0 spiro atoms. The maximum atomic E-state index is 12.9. The molecule has 7 nitrogen and oxygen atoms in total. The summed E-state index contributed by atoms with van der Waals surface area (Å²) in [5, 5.41) is 0.615. The van der Waals surface area contributed by atoms with Crippen LogP contribution in [0.5, 0.6) is 0 Å². The Labute approximate surface area is 153 Å². The number of piperidine rings is 1. The smallest absolute Gasteiger partial charge is 0.409 e. The van der Waals surface area contributed by atoms with E-state index in [-0.39, 0.29) is 17.0 Å². The van der Waals surface area contributed by atoms with Crippen molar-refractivity contribution in [2.24, 2.45) is 0 Å². The summed E-state index contributed by atoms with van der Waals surface area (Å²) in [7, 11) is -3.68. The number of rotatable bonds is 4. The maximum Gasteiger partial charge on any atom is 0.409 e. The van der Waals surface area contributed by atoms with Crippen molar-refractivity contribution in [2.45, 2.75) is 37.6 Å². The number of pyridine rings is 1. The minimum atomic E-state index is -3.68. The van der Waals surface area contributed by atoms with E-state index >= 15 is 0 Å². The average molecular weight is 377 g/mol. The van der Waals surface area contributed by atoms with Gasteiger partial charge < -0.3 is 9.64 Å². The highest BCUT2D eigenvalue weighted by Gasteiger charge is 2.28. The van der Waals surface area contributed by atoms with E-state index in [4.69, 9.17) is 4.74 Å². The number of carbonyl (C=O) groups is 1. The lowest BCUT2D eigenvalue weighted by Gasteiger charge is -2.31. The van der Waals surface area contributed by atoms with Gasteiger partial charge in [-0.2, -0.15) is 0 Å². The molecule has 2 aromatic rings. The van der Waals surface area contributed by atoms with E-state index in [2.05, 4.69) is 9.71 Å². The molecule has 0 saturated carbocycles. The number of nitrogens with zero attached hydrogens (tertiary/aromatic N) is 2. The van der Waals surface area contributed by atoms with E-state index in [1.807, 2.05) is 6.92 Å². The number of hydrogen-bond donors (Lipinski definition) is 1. The van der Waals surface area contributed by atoms with Gasteiger partial charge in [0, 0.05) is 30.7 Å². The van der Waals surface area contributed by atoms with Gasteiger partial charge in [0.05, 0.1) is 17.0 Å². The van der Waals surface area contributed by atoms with Crippen LogP contribution in [0.1, 0.15) is 25.3 Å². The van der Waals surface area contributed by atoms with Crippen LogP contribution in [0.2, 0.25) is 0 Å². The van der Waals surface area contributed by atoms with Gasteiger partial charge in [-0.3, -0.25) is 4.98 Å². The predicted molar refractivity (Wildman–Crippen MR) is 98.4 cm³/mol. The standard InChI is InChI=1S/C18H23N3O4S/c1-3-25-18(22)21-11-8-14(9-12-21)20-26(23,24)16-7-6-13(2)17-15(16)5-4-10-19-17/h4-7,10,14,20H,3,8-9,11-12H2,1-2H3. The zero-order valence-corrected chi connectivity index (χ0v) is 15.8. The average Bonchev–Trinajstić information content (AvgIpc) is 2.62. The first-order chi connectivity index (χ1) is 12.4. The second kappa shape index (κ2) is 7.59. The Hall–Kier alpha value is -2.19. The quantitative estimate of drug-likeness (QED) is 0.884. The van der Waals surface area contributed by atoms with E-state index in [1.165, 1.54) is 0 Å². The fourth-order valence-corrected chi connectivity index (χ4v) is 4.70. The molecule has 2 heterocycles. The third-order valence-corrected chi connectivity index (χ3v) is 6.14. The third kappa shape index (κ3) is 3.81. The van der Waals surface area contributed by atoms with Crippen LogP contribution in [0.4, 0.5) is 4.79 Å². The van der Waals surface area contributed by atoms with Crippen molar-refractivity contribution in [1.29, 1.82) is 0 Å². The van der Waals surface area contributed by atoms with Gasteiger partial charge >= 0.3 is 6.09 Å². The van der Waals surface area contributed by atoms with Crippen LogP contribution in [0, 0.1) is 6.92 Å². The lowest BCUT2D eigenvalue weighted by atomic mass is 10.1. The second-order valence-electron chi connectivity index (χ2n) is 6.36. The second-order valence-corrected chi connectivity index (χ2v) is 8.04. The van der Waals surface area contributed by atoms with E-state index in [9.17, 15) is 13.2 Å². The van der Waals surface area contributed by atoms with Crippen molar-refractivity contribution in [2.75, 3.05) is 19.7 Å². The Balaban J connectivity index is 1.75. The van der Waals surface area contributed by atoms with Crippen molar-refractivity contribution in [3.63, 3.8) is 0 Å². The number of carbonyl (C=O) groups excluding carboxylic acids is 1. The minimum absolute atomic E-state index is 0.210. The van der Waals surface area contributed by atoms with Gasteiger partial charge in [-0.05, 0) is 50.5 Å². The summed E-state index contributed by atoms with van der Waals surface area (Å²) in [5.41, 5.74) is 1.62. The van der Waals surface area contributed by atoms with Crippen LogP contribution in [-0.2, 0) is 14.8 Å². The maximum absolute atomic E-state index is 12.9. The number of nitrogens with one attached hydrogen (secondary N) is 1. The summed E-state index contributed by atoms with van der Waals surface area (Å²) < 4.78 is 33.6. The predicted octanol–water partition coefficient (Wildman–Crippen LogP) is 2.44. The zero-order valence-electron chi connectivity index (χ0n) is 14.9. The fraction of sp³-hybridized carbons (Fsp3) is 0.444. The summed E-state index contributed by atoms with van der Waals surface area (Å²) in [6, 6.07) is 6.69. The normalized spacial score (nSPS) is 16.0. The number of hydrogen-bond acceptors (Lipinski definition) is 5. The highest BCUT2D eigenvalue weighted by Crippen LogP contribution is 2.25. The summed E-state index contributed by atoms with van der Waals surface area (Å²) in [5.74, 6) is 0. The molecule has 1 aliphatic heterocycles. The van der Waals surface area contributed by atoms with Crippen LogP contribution in [-0.4, -0.2) is 50.1 Å². The highest BCUT2D eigenvalue weighted by molar-refractivity contribution is 7.89. The van der Waals surface area contributed by atoms with Gasteiger partial charge in [-0.25, -0.2) is 17.9 Å². The van der Waals surface area contributed by atoms with Crippen LogP contribution < -0.4 is 4.72 Å². The lowest BCUT2D eigenvalue weighted by molar-refractivity contribution is 0.0966. The molecular formula is C18H23N3O4S. The molecule has 140 valence electrons. The van der Waals surface area contributed by atoms with Gasteiger partial charge in [0.2, 0.25) is 10.0 Å². The molecular weight excluding hydrogens is 354 g/mol. The van der Waals surface area contributed by atoms with E-state index in [0.29, 0.717) is 43.4 Å². The summed E-state index contributed by atoms with van der Waals surface area (Å²) in [6.07, 6.45) is 2.43. The van der Waals surface area contributed by atoms with Crippen LogP contribution in [0.3, 0.4) is 0 Å². The molecule has 1 saturated heterocycles. The molecule has 1 aromatic carbocycles. The van der Waals surface area contributed by atoms with Crippen molar-refractivity contribution in [3.05, 3.63) is 36.0 Å². The first kappa shape index (κ1) is 18.6. The number of aromatic nitrogens is 1. The third-order valence-electron chi connectivity index (χ3n) is 4.56. The number of amides is 1. The van der Waals surface area contributed by atoms with Gasteiger partial charge in [0.1, 0.15) is 0 Å². The molecule has 1 N–H and O–H groups in total. The first-order valence-corrected chi connectivity index (χ1v) is 10.2. The molecule has 0 unspecified atom stereocenters. The van der Waals surface area contributed by atoms with Crippen molar-refractivity contribution < 1.29 is 17.9 Å². The largest absolute Gasteiger partial charge is 0.450 e. The van der Waals surface area contributed by atoms with Gasteiger partial charge in [-0.1, -0.05) is 6.07 Å². The molecule has 0 radical (unpaired) electrons. The summed E-state index contributed by atoms with van der Waals surface area (Å²) in [4.78, 5) is 17.9. The Bertz CT molecular complexity index is 906. The first-order valence-electron chi connectivity index (χ1n) is 8.70. The van der Waals surface area contributed by atoms with Gasteiger partial charge in [0.25, 0.3) is 0 Å². The Kier molecular flexibility index (Phi) is 5.43. The Morgan fingerprint density at radius 3 is 2.73 bits per heavy atom.